The van der Waals surface area contributed by atoms with E-state index in [9.17, 15) is 0 Å². The normalized spacial score (nSPS) is 13.4. The highest BCUT2D eigenvalue weighted by Gasteiger charge is 2.25. The van der Waals surface area contributed by atoms with Crippen LogP contribution >= 0.6 is 11.8 Å². The molecule has 0 amide bonds. The van der Waals surface area contributed by atoms with Crippen LogP contribution in [0.4, 0.5) is 11.6 Å². The average molecular weight is 257 g/mol. The predicted molar refractivity (Wildman–Crippen MR) is 69.8 cm³/mol. The summed E-state index contributed by atoms with van der Waals surface area (Å²) in [6, 6.07) is 12.3. The molecule has 3 rings (SSSR count). The largest absolute Gasteiger partial charge is 0.309 e. The standard InChI is InChI=1S/C12H11N5S/c13-6-9-18-12-15-14-11-16(7-8-17(11)12)10-4-2-1-3-5-10/h1-5H,7-9H2. The monoisotopic (exact) mass is 257 g/mol. The topological polar surface area (TPSA) is 57.7 Å². The summed E-state index contributed by atoms with van der Waals surface area (Å²) < 4.78 is 2.06. The lowest BCUT2D eigenvalue weighted by Gasteiger charge is -2.14. The third-order valence-corrected chi connectivity index (χ3v) is 3.65. The maximum Gasteiger partial charge on any atom is 0.232 e. The smallest absolute Gasteiger partial charge is 0.232 e. The Bertz CT molecular complexity index is 586. The molecule has 2 aromatic rings. The molecule has 5 nitrogen and oxygen atoms in total. The zero-order valence-electron chi connectivity index (χ0n) is 9.65. The van der Waals surface area contributed by atoms with Crippen LogP contribution in [0.25, 0.3) is 0 Å². The Balaban J connectivity index is 1.90. The van der Waals surface area contributed by atoms with E-state index in [0.29, 0.717) is 5.75 Å². The van der Waals surface area contributed by atoms with E-state index in [-0.39, 0.29) is 0 Å². The molecule has 0 N–H and O–H groups in total. The van der Waals surface area contributed by atoms with E-state index < -0.39 is 0 Å². The van der Waals surface area contributed by atoms with Crippen molar-refractivity contribution in [1.82, 2.24) is 14.8 Å². The van der Waals surface area contributed by atoms with Crippen molar-refractivity contribution in [2.24, 2.45) is 0 Å². The second-order valence-corrected chi connectivity index (χ2v) is 4.81. The molecule has 0 radical (unpaired) electrons. The van der Waals surface area contributed by atoms with Crippen molar-refractivity contribution < 1.29 is 0 Å². The fourth-order valence-electron chi connectivity index (χ4n) is 2.03. The number of thioether (sulfide) groups is 1. The predicted octanol–water partition coefficient (Wildman–Crippen LogP) is 2.05. The summed E-state index contributed by atoms with van der Waals surface area (Å²) in [6.45, 7) is 1.76. The quantitative estimate of drug-likeness (QED) is 0.788. The Hall–Kier alpha value is -2.00. The molecule has 0 atom stereocenters. The second kappa shape index (κ2) is 4.70. The SMILES string of the molecule is N#CCSc1nnc2n1CCN2c1ccccc1. The Labute approximate surface area is 109 Å². The number of nitrogens with zero attached hydrogens (tertiary/aromatic N) is 5. The van der Waals surface area contributed by atoms with Crippen LogP contribution in [-0.2, 0) is 6.54 Å². The molecule has 1 aromatic heterocycles. The summed E-state index contributed by atoms with van der Waals surface area (Å²) in [5.74, 6) is 1.27. The Morgan fingerprint density at radius 3 is 2.83 bits per heavy atom. The number of rotatable bonds is 3. The number of hydrogen-bond donors (Lipinski definition) is 0. The lowest BCUT2D eigenvalue weighted by Crippen LogP contribution is -2.13. The van der Waals surface area contributed by atoms with Crippen LogP contribution in [0.2, 0.25) is 0 Å². The zero-order valence-corrected chi connectivity index (χ0v) is 10.5. The van der Waals surface area contributed by atoms with Crippen molar-refractivity contribution >= 4 is 23.4 Å². The molecule has 6 heteroatoms. The summed E-state index contributed by atoms with van der Waals surface area (Å²) in [5.41, 5.74) is 1.13. The van der Waals surface area contributed by atoms with Gasteiger partial charge in [-0.3, -0.25) is 4.57 Å². The average Bonchev–Trinajstić information content (AvgIpc) is 2.99. The number of benzene rings is 1. The van der Waals surface area contributed by atoms with Crippen LogP contribution in [0.1, 0.15) is 0 Å². The molecule has 0 bridgehead atoms. The van der Waals surface area contributed by atoms with Gasteiger partial charge in [0.25, 0.3) is 0 Å². The molecule has 0 saturated heterocycles. The van der Waals surface area contributed by atoms with Crippen LogP contribution in [0, 0.1) is 11.3 Å². The molecule has 1 aromatic carbocycles. The fraction of sp³-hybridized carbons (Fsp3) is 0.250. The van der Waals surface area contributed by atoms with E-state index in [0.717, 1.165) is 29.9 Å². The summed E-state index contributed by atoms with van der Waals surface area (Å²) in [5, 5.41) is 17.8. The van der Waals surface area contributed by atoms with Gasteiger partial charge in [0, 0.05) is 18.8 Å². The molecule has 1 aliphatic rings. The van der Waals surface area contributed by atoms with Crippen molar-refractivity contribution in [2.45, 2.75) is 11.7 Å². The van der Waals surface area contributed by atoms with Crippen molar-refractivity contribution in [3.8, 4) is 6.07 Å². The van der Waals surface area contributed by atoms with Crippen LogP contribution in [0.15, 0.2) is 35.5 Å². The molecule has 0 unspecified atom stereocenters. The van der Waals surface area contributed by atoms with Gasteiger partial charge < -0.3 is 4.90 Å². The molecule has 0 aliphatic carbocycles. The maximum atomic E-state index is 8.60. The lowest BCUT2D eigenvalue weighted by molar-refractivity contribution is 0.704. The highest BCUT2D eigenvalue weighted by molar-refractivity contribution is 7.99. The molecule has 0 spiro atoms. The van der Waals surface area contributed by atoms with Gasteiger partial charge in [0.1, 0.15) is 0 Å². The zero-order chi connectivity index (χ0) is 12.4. The molecule has 18 heavy (non-hydrogen) atoms. The first-order valence-corrected chi connectivity index (χ1v) is 6.64. The minimum Gasteiger partial charge on any atom is -0.309 e. The van der Waals surface area contributed by atoms with E-state index >= 15 is 0 Å². The van der Waals surface area contributed by atoms with Crippen LogP contribution < -0.4 is 4.90 Å². The van der Waals surface area contributed by atoms with E-state index in [4.69, 9.17) is 5.26 Å². The summed E-state index contributed by atoms with van der Waals surface area (Å²) >= 11 is 1.43. The number of nitriles is 1. The minimum absolute atomic E-state index is 0.406. The Kier molecular flexibility index (Phi) is 2.90. The van der Waals surface area contributed by atoms with E-state index in [1.54, 1.807) is 0 Å². The van der Waals surface area contributed by atoms with Gasteiger partial charge in [0.05, 0.1) is 11.8 Å². The highest BCUT2D eigenvalue weighted by Crippen LogP contribution is 2.31. The number of anilines is 2. The minimum atomic E-state index is 0.406. The molecule has 0 fully saturated rings. The van der Waals surface area contributed by atoms with Gasteiger partial charge in [0.15, 0.2) is 5.16 Å². The first-order valence-electron chi connectivity index (χ1n) is 5.65. The summed E-state index contributed by atoms with van der Waals surface area (Å²) in [6.07, 6.45) is 0. The first-order chi connectivity index (χ1) is 8.90. The van der Waals surface area contributed by atoms with Crippen molar-refractivity contribution in [1.29, 1.82) is 5.26 Å². The Morgan fingerprint density at radius 1 is 1.22 bits per heavy atom. The van der Waals surface area contributed by atoms with Crippen molar-refractivity contribution in [2.75, 3.05) is 17.2 Å². The van der Waals surface area contributed by atoms with E-state index in [1.807, 2.05) is 18.2 Å². The van der Waals surface area contributed by atoms with Crippen molar-refractivity contribution in [3.63, 3.8) is 0 Å². The summed E-state index contributed by atoms with van der Waals surface area (Å²) in [7, 11) is 0. The highest BCUT2D eigenvalue weighted by atomic mass is 32.2. The van der Waals surface area contributed by atoms with Gasteiger partial charge >= 0.3 is 0 Å². The van der Waals surface area contributed by atoms with Gasteiger partial charge in [-0.2, -0.15) is 5.26 Å². The van der Waals surface area contributed by atoms with Crippen LogP contribution in [0.5, 0.6) is 0 Å². The molecular formula is C12H11N5S. The van der Waals surface area contributed by atoms with Gasteiger partial charge in [-0.15, -0.1) is 10.2 Å². The third kappa shape index (κ3) is 1.83. The van der Waals surface area contributed by atoms with Gasteiger partial charge in [-0.1, -0.05) is 30.0 Å². The second-order valence-electron chi connectivity index (χ2n) is 3.87. The molecule has 2 heterocycles. The van der Waals surface area contributed by atoms with Crippen LogP contribution in [0.3, 0.4) is 0 Å². The first kappa shape index (κ1) is 11.1. The maximum absolute atomic E-state index is 8.60. The fourth-order valence-corrected chi connectivity index (χ4v) is 2.65. The summed E-state index contributed by atoms with van der Waals surface area (Å²) in [4.78, 5) is 2.14. The van der Waals surface area contributed by atoms with Gasteiger partial charge in [-0.05, 0) is 12.1 Å². The van der Waals surface area contributed by atoms with Crippen molar-refractivity contribution in [3.05, 3.63) is 30.3 Å². The van der Waals surface area contributed by atoms with Gasteiger partial charge in [-0.25, -0.2) is 0 Å². The van der Waals surface area contributed by atoms with Crippen LogP contribution in [-0.4, -0.2) is 27.1 Å². The molecule has 0 saturated carbocycles. The number of para-hydroxylation sites is 1. The number of hydrogen-bond acceptors (Lipinski definition) is 5. The van der Waals surface area contributed by atoms with Gasteiger partial charge in [0.2, 0.25) is 5.95 Å². The number of aromatic nitrogens is 3. The third-order valence-electron chi connectivity index (χ3n) is 2.82. The molecular weight excluding hydrogens is 246 g/mol. The molecule has 1 aliphatic heterocycles. The number of fused-ring (bicyclic) bond motifs is 1. The van der Waals surface area contributed by atoms with E-state index in [2.05, 4.69) is 37.9 Å². The molecule has 90 valence electrons. The van der Waals surface area contributed by atoms with E-state index in [1.165, 1.54) is 11.8 Å². The lowest BCUT2D eigenvalue weighted by atomic mass is 10.3. The Morgan fingerprint density at radius 2 is 2.06 bits per heavy atom.